The highest BCUT2D eigenvalue weighted by molar-refractivity contribution is 5.53. The van der Waals surface area contributed by atoms with Crippen LogP contribution in [-0.2, 0) is 13.0 Å². The van der Waals surface area contributed by atoms with Crippen molar-refractivity contribution in [1.82, 2.24) is 20.2 Å². The Kier molecular flexibility index (Phi) is 4.66. The van der Waals surface area contributed by atoms with E-state index in [1.165, 1.54) is 11.1 Å². The average molecular weight is 308 g/mol. The molecule has 3 aromatic rings. The third-order valence-electron chi connectivity index (χ3n) is 3.63. The van der Waals surface area contributed by atoms with E-state index in [-0.39, 0.29) is 0 Å². The van der Waals surface area contributed by atoms with Crippen LogP contribution < -0.4 is 4.74 Å². The average Bonchev–Trinajstić information content (AvgIpc) is 3.04. The van der Waals surface area contributed by atoms with Crippen molar-refractivity contribution >= 4 is 0 Å². The minimum atomic E-state index is 0.511. The zero-order chi connectivity index (χ0) is 16.1. The molecular formula is C18H20N4O. The first kappa shape index (κ1) is 15.2. The Balaban J connectivity index is 1.58. The Hall–Kier alpha value is -2.69. The number of aromatic nitrogens is 4. The fourth-order valence-electron chi connectivity index (χ4n) is 2.26. The molecule has 3 rings (SSSR count). The molecule has 0 saturated heterocycles. The Morgan fingerprint density at radius 2 is 1.91 bits per heavy atom. The lowest BCUT2D eigenvalue weighted by Gasteiger charge is -2.06. The van der Waals surface area contributed by atoms with Gasteiger partial charge in [-0.3, -0.25) is 0 Å². The van der Waals surface area contributed by atoms with Crippen molar-refractivity contribution in [2.45, 2.75) is 26.8 Å². The molecule has 0 spiro atoms. The van der Waals surface area contributed by atoms with Gasteiger partial charge < -0.3 is 4.74 Å². The van der Waals surface area contributed by atoms with Gasteiger partial charge in [-0.15, -0.1) is 10.2 Å². The minimum absolute atomic E-state index is 0.511. The van der Waals surface area contributed by atoms with E-state index < -0.39 is 0 Å². The lowest BCUT2D eigenvalue weighted by atomic mass is 10.1. The number of benzene rings is 2. The summed E-state index contributed by atoms with van der Waals surface area (Å²) in [5.74, 6) is 1.52. The molecule has 1 heterocycles. The molecule has 0 aliphatic rings. The van der Waals surface area contributed by atoms with Crippen molar-refractivity contribution in [3.8, 4) is 17.1 Å². The number of rotatable bonds is 6. The zero-order valence-corrected chi connectivity index (χ0v) is 13.4. The quantitative estimate of drug-likeness (QED) is 0.701. The fraction of sp³-hybridized carbons (Fsp3) is 0.278. The second-order valence-corrected chi connectivity index (χ2v) is 5.42. The van der Waals surface area contributed by atoms with Gasteiger partial charge in [-0.1, -0.05) is 48.9 Å². The molecule has 1 aromatic heterocycles. The summed E-state index contributed by atoms with van der Waals surface area (Å²) < 4.78 is 5.75. The van der Waals surface area contributed by atoms with Gasteiger partial charge in [-0.25, -0.2) is 0 Å². The Morgan fingerprint density at radius 3 is 2.70 bits per heavy atom. The number of aryl methyl sites for hydroxylation is 2. The van der Waals surface area contributed by atoms with Gasteiger partial charge in [0.1, 0.15) is 12.4 Å². The van der Waals surface area contributed by atoms with Gasteiger partial charge in [-0.2, -0.15) is 4.80 Å². The Morgan fingerprint density at radius 1 is 1.09 bits per heavy atom. The number of ether oxygens (including phenoxy) is 1. The van der Waals surface area contributed by atoms with Gasteiger partial charge in [0.15, 0.2) is 0 Å². The van der Waals surface area contributed by atoms with Crippen LogP contribution in [0.15, 0.2) is 48.5 Å². The molecule has 0 radical (unpaired) electrons. The molecule has 0 N–H and O–H groups in total. The second kappa shape index (κ2) is 7.05. The molecule has 5 nitrogen and oxygen atoms in total. The fourth-order valence-corrected chi connectivity index (χ4v) is 2.26. The van der Waals surface area contributed by atoms with Gasteiger partial charge in [-0.05, 0) is 36.3 Å². The summed E-state index contributed by atoms with van der Waals surface area (Å²) in [5, 5.41) is 12.6. The summed E-state index contributed by atoms with van der Waals surface area (Å²) in [6.07, 6.45) is 1.00. The first-order chi connectivity index (χ1) is 11.2. The van der Waals surface area contributed by atoms with Crippen LogP contribution in [0.2, 0.25) is 0 Å². The molecule has 5 heteroatoms. The molecule has 23 heavy (non-hydrogen) atoms. The molecule has 2 aromatic carbocycles. The molecule has 118 valence electrons. The van der Waals surface area contributed by atoms with E-state index in [2.05, 4.69) is 41.4 Å². The van der Waals surface area contributed by atoms with Crippen LogP contribution in [0.4, 0.5) is 0 Å². The van der Waals surface area contributed by atoms with Crippen LogP contribution in [0.5, 0.6) is 5.75 Å². The number of nitrogens with zero attached hydrogens (tertiary/aromatic N) is 4. The SMILES string of the molecule is CCc1cccc(OCCn2nnc(-c3ccc(C)cc3)n2)c1. The lowest BCUT2D eigenvalue weighted by molar-refractivity contribution is 0.280. The minimum Gasteiger partial charge on any atom is -0.492 e. The highest BCUT2D eigenvalue weighted by atomic mass is 16.5. The Labute approximate surface area is 135 Å². The summed E-state index contributed by atoms with van der Waals surface area (Å²) in [4.78, 5) is 1.57. The maximum atomic E-state index is 5.75. The van der Waals surface area contributed by atoms with Crippen molar-refractivity contribution in [3.05, 3.63) is 59.7 Å². The first-order valence-corrected chi connectivity index (χ1v) is 7.81. The van der Waals surface area contributed by atoms with Crippen LogP contribution in [0.1, 0.15) is 18.1 Å². The molecule has 0 fully saturated rings. The van der Waals surface area contributed by atoms with Gasteiger partial charge >= 0.3 is 0 Å². The maximum absolute atomic E-state index is 5.75. The van der Waals surface area contributed by atoms with Gasteiger partial charge in [0.05, 0.1) is 6.54 Å². The van der Waals surface area contributed by atoms with Gasteiger partial charge in [0, 0.05) is 5.56 Å². The summed E-state index contributed by atoms with van der Waals surface area (Å²) in [5.41, 5.74) is 3.45. The number of hydrogen-bond acceptors (Lipinski definition) is 4. The van der Waals surface area contributed by atoms with E-state index in [9.17, 15) is 0 Å². The highest BCUT2D eigenvalue weighted by Gasteiger charge is 2.05. The summed E-state index contributed by atoms with van der Waals surface area (Å²) in [6, 6.07) is 16.2. The second-order valence-electron chi connectivity index (χ2n) is 5.42. The normalized spacial score (nSPS) is 10.7. The van der Waals surface area contributed by atoms with Gasteiger partial charge in [0.25, 0.3) is 0 Å². The summed E-state index contributed by atoms with van der Waals surface area (Å²) in [7, 11) is 0. The smallest absolute Gasteiger partial charge is 0.204 e. The van der Waals surface area contributed by atoms with Crippen molar-refractivity contribution in [1.29, 1.82) is 0 Å². The van der Waals surface area contributed by atoms with E-state index in [1.807, 2.05) is 36.4 Å². The van der Waals surface area contributed by atoms with Crippen LogP contribution in [-0.4, -0.2) is 26.8 Å². The molecular weight excluding hydrogens is 288 g/mol. The van der Waals surface area contributed by atoms with Crippen molar-refractivity contribution in [2.75, 3.05) is 6.61 Å². The summed E-state index contributed by atoms with van der Waals surface area (Å²) in [6.45, 7) is 5.26. The van der Waals surface area contributed by atoms with E-state index >= 15 is 0 Å². The van der Waals surface area contributed by atoms with Crippen LogP contribution in [0.3, 0.4) is 0 Å². The predicted octanol–water partition coefficient (Wildman–Crippen LogP) is 3.29. The zero-order valence-electron chi connectivity index (χ0n) is 13.4. The van der Waals surface area contributed by atoms with Crippen molar-refractivity contribution in [3.63, 3.8) is 0 Å². The third-order valence-corrected chi connectivity index (χ3v) is 3.63. The van der Waals surface area contributed by atoms with Crippen molar-refractivity contribution in [2.24, 2.45) is 0 Å². The molecule has 0 atom stereocenters. The molecule has 0 amide bonds. The predicted molar refractivity (Wildman–Crippen MR) is 89.3 cm³/mol. The van der Waals surface area contributed by atoms with E-state index in [4.69, 9.17) is 4.74 Å². The monoisotopic (exact) mass is 308 g/mol. The summed E-state index contributed by atoms with van der Waals surface area (Å²) >= 11 is 0. The molecule has 0 bridgehead atoms. The number of tetrazole rings is 1. The van der Waals surface area contributed by atoms with E-state index in [1.54, 1.807) is 4.80 Å². The third kappa shape index (κ3) is 3.94. The Bertz CT molecular complexity index is 765. The van der Waals surface area contributed by atoms with Crippen LogP contribution in [0, 0.1) is 6.92 Å². The number of hydrogen-bond donors (Lipinski definition) is 0. The molecule has 0 unspecified atom stereocenters. The first-order valence-electron chi connectivity index (χ1n) is 7.81. The van der Waals surface area contributed by atoms with Crippen molar-refractivity contribution < 1.29 is 4.74 Å². The largest absolute Gasteiger partial charge is 0.492 e. The molecule has 0 aliphatic heterocycles. The maximum Gasteiger partial charge on any atom is 0.204 e. The topological polar surface area (TPSA) is 52.8 Å². The van der Waals surface area contributed by atoms with Crippen LogP contribution in [0.25, 0.3) is 11.4 Å². The van der Waals surface area contributed by atoms with E-state index in [0.29, 0.717) is 19.0 Å². The molecule has 0 saturated carbocycles. The molecule has 0 aliphatic carbocycles. The van der Waals surface area contributed by atoms with Crippen LogP contribution >= 0.6 is 0 Å². The lowest BCUT2D eigenvalue weighted by Crippen LogP contribution is -2.11. The standard InChI is InChI=1S/C18H20N4O/c1-3-15-5-4-6-17(13-15)23-12-11-22-20-18(19-21-22)16-9-7-14(2)8-10-16/h4-10,13H,3,11-12H2,1-2H3. The van der Waals surface area contributed by atoms with Gasteiger partial charge in [0.2, 0.25) is 5.82 Å². The van der Waals surface area contributed by atoms with E-state index in [0.717, 1.165) is 17.7 Å². The highest BCUT2D eigenvalue weighted by Crippen LogP contribution is 2.15.